The van der Waals surface area contributed by atoms with Crippen molar-refractivity contribution in [1.82, 2.24) is 10.2 Å². The smallest absolute Gasteiger partial charge is 0.333 e. The number of fused-ring (bicyclic) bond motifs is 1. The van der Waals surface area contributed by atoms with Crippen LogP contribution in [0.3, 0.4) is 0 Å². The lowest BCUT2D eigenvalue weighted by Crippen LogP contribution is -2.79. The lowest BCUT2D eigenvalue weighted by molar-refractivity contribution is -0.384. The molecule has 2 saturated heterocycles. The van der Waals surface area contributed by atoms with Gasteiger partial charge in [0.1, 0.15) is 23.8 Å². The van der Waals surface area contributed by atoms with Crippen LogP contribution in [0.4, 0.5) is 5.69 Å². The molecule has 2 aliphatic rings. The molecule has 13 heteroatoms. The number of rotatable bonds is 10. The van der Waals surface area contributed by atoms with Gasteiger partial charge in [-0.25, -0.2) is 4.79 Å². The van der Waals surface area contributed by atoms with E-state index in [1.54, 1.807) is 30.5 Å². The van der Waals surface area contributed by atoms with Crippen LogP contribution in [-0.2, 0) is 30.5 Å². The summed E-state index contributed by atoms with van der Waals surface area (Å²) in [6, 6.07) is 12.6. The Labute approximate surface area is 221 Å². The molecule has 2 aliphatic heterocycles. The molecule has 0 unspecified atom stereocenters. The van der Waals surface area contributed by atoms with Gasteiger partial charge < -0.3 is 24.4 Å². The zero-order chi connectivity index (χ0) is 26.6. The number of benzene rings is 2. The molecule has 0 spiro atoms. The number of carbonyl (C=O) groups is 3. The highest BCUT2D eigenvalue weighted by molar-refractivity contribution is 8.04. The Bertz CT molecular complexity index is 1160. The van der Waals surface area contributed by atoms with Crippen LogP contribution in [0, 0.1) is 10.1 Å². The Morgan fingerprint density at radius 3 is 2.54 bits per heavy atom. The Kier molecular flexibility index (Phi) is 8.25. The van der Waals surface area contributed by atoms with Crippen molar-refractivity contribution in [2.24, 2.45) is 0 Å². The Morgan fingerprint density at radius 1 is 1.22 bits per heavy atom. The maximum Gasteiger partial charge on any atom is 0.333 e. The SMILES string of the molecule is CO[C@]1(SC)CS[C@@H]2[C@H](NC(=O)COc3ccccc3)C(=O)N2[C@@H]1C(=O)OCc1ccc([N+](=O)[O-])cc1. The number of esters is 1. The lowest BCUT2D eigenvalue weighted by atomic mass is 9.99. The third-order valence-electron chi connectivity index (χ3n) is 6.10. The highest BCUT2D eigenvalue weighted by Crippen LogP contribution is 2.48. The first-order valence-electron chi connectivity index (χ1n) is 11.2. The highest BCUT2D eigenvalue weighted by atomic mass is 32.2. The van der Waals surface area contributed by atoms with Crippen LogP contribution in [0.1, 0.15) is 5.56 Å². The lowest BCUT2D eigenvalue weighted by Gasteiger charge is -2.57. The van der Waals surface area contributed by atoms with Gasteiger partial charge in [-0.2, -0.15) is 0 Å². The normalized spacial score (nSPS) is 24.4. The molecule has 11 nitrogen and oxygen atoms in total. The maximum absolute atomic E-state index is 13.3. The number of amides is 2. The number of β-lactam (4-membered cyclic amide) rings is 1. The van der Waals surface area contributed by atoms with Gasteiger partial charge in [0, 0.05) is 25.0 Å². The van der Waals surface area contributed by atoms with Gasteiger partial charge >= 0.3 is 5.97 Å². The first kappa shape index (κ1) is 26.8. The van der Waals surface area contributed by atoms with Crippen molar-refractivity contribution >= 4 is 47.0 Å². The van der Waals surface area contributed by atoms with Crippen molar-refractivity contribution in [2.75, 3.05) is 25.7 Å². The summed E-state index contributed by atoms with van der Waals surface area (Å²) in [6.07, 6.45) is 1.78. The molecule has 2 aromatic rings. The van der Waals surface area contributed by atoms with Gasteiger partial charge in [0.25, 0.3) is 11.6 Å². The number of nitro benzene ring substituents is 1. The number of nitrogens with zero attached hydrogens (tertiary/aromatic N) is 2. The molecule has 37 heavy (non-hydrogen) atoms. The average molecular weight is 548 g/mol. The number of nitro groups is 1. The molecule has 0 aliphatic carbocycles. The number of methoxy groups -OCH3 is 1. The quantitative estimate of drug-likeness (QED) is 0.155. The Hall–Kier alpha value is -3.29. The number of non-ortho nitro benzene ring substituents is 1. The first-order chi connectivity index (χ1) is 17.8. The summed E-state index contributed by atoms with van der Waals surface area (Å²) in [4.78, 5) is 49.5. The molecule has 2 fully saturated rings. The van der Waals surface area contributed by atoms with Crippen LogP contribution in [0.25, 0.3) is 0 Å². The van der Waals surface area contributed by atoms with Crippen LogP contribution < -0.4 is 10.1 Å². The molecule has 1 N–H and O–H groups in total. The minimum absolute atomic E-state index is 0.0727. The van der Waals surface area contributed by atoms with Crippen LogP contribution in [0.5, 0.6) is 5.75 Å². The largest absolute Gasteiger partial charge is 0.484 e. The molecule has 4 atom stereocenters. The van der Waals surface area contributed by atoms with Gasteiger partial charge in [-0.15, -0.1) is 23.5 Å². The van der Waals surface area contributed by atoms with Crippen LogP contribution >= 0.6 is 23.5 Å². The van der Waals surface area contributed by atoms with E-state index in [9.17, 15) is 24.5 Å². The second-order valence-electron chi connectivity index (χ2n) is 8.25. The Morgan fingerprint density at radius 2 is 1.92 bits per heavy atom. The highest BCUT2D eigenvalue weighted by Gasteiger charge is 2.63. The summed E-state index contributed by atoms with van der Waals surface area (Å²) in [7, 11) is 1.47. The molecule has 196 valence electrons. The van der Waals surface area contributed by atoms with E-state index >= 15 is 0 Å². The summed E-state index contributed by atoms with van der Waals surface area (Å²) < 4.78 is 16.7. The molecule has 0 bridgehead atoms. The molecule has 0 aromatic heterocycles. The van der Waals surface area contributed by atoms with E-state index in [-0.39, 0.29) is 18.9 Å². The fourth-order valence-electron chi connectivity index (χ4n) is 4.11. The monoisotopic (exact) mass is 547 g/mol. The van der Waals surface area contributed by atoms with Crippen molar-refractivity contribution in [3.8, 4) is 5.75 Å². The van der Waals surface area contributed by atoms with Crippen molar-refractivity contribution in [3.63, 3.8) is 0 Å². The minimum atomic E-state index is -1.05. The standard InChI is InChI=1S/C24H25N3O8S2/c1-33-24(36-2)14-37-22-19(25-18(28)13-34-17-6-4-3-5-7-17)21(29)26(22)20(24)23(30)35-12-15-8-10-16(11-9-15)27(31)32/h3-11,19-20,22H,12-14H2,1-2H3,(H,25,28)/t19-,20-,22-,24+/m1/s1. The van der Waals surface area contributed by atoms with E-state index in [2.05, 4.69) is 5.32 Å². The summed E-state index contributed by atoms with van der Waals surface area (Å²) in [5.74, 6) is -0.618. The second kappa shape index (κ2) is 11.4. The molecule has 0 radical (unpaired) electrons. The first-order valence-corrected chi connectivity index (χ1v) is 13.5. The fourth-order valence-corrected chi connectivity index (χ4v) is 6.83. The van der Waals surface area contributed by atoms with Gasteiger partial charge in [-0.1, -0.05) is 18.2 Å². The summed E-state index contributed by atoms with van der Waals surface area (Å²) in [6.45, 7) is -0.378. The molecular formula is C24H25N3O8S2. The number of carbonyl (C=O) groups excluding carboxylic acids is 3. The molecule has 4 rings (SSSR count). The van der Waals surface area contributed by atoms with Gasteiger partial charge in [0.05, 0.1) is 4.92 Å². The van der Waals surface area contributed by atoms with E-state index < -0.39 is 45.1 Å². The number of para-hydroxylation sites is 1. The number of nitrogens with one attached hydrogen (secondary N) is 1. The average Bonchev–Trinajstić information content (AvgIpc) is 2.93. The summed E-state index contributed by atoms with van der Waals surface area (Å²) in [5, 5.41) is 13.1. The fraction of sp³-hybridized carbons (Fsp3) is 0.375. The third kappa shape index (κ3) is 5.53. The maximum atomic E-state index is 13.3. The topological polar surface area (TPSA) is 137 Å². The molecular weight excluding hydrogens is 522 g/mol. The van der Waals surface area contributed by atoms with E-state index in [0.717, 1.165) is 0 Å². The Balaban J connectivity index is 1.41. The third-order valence-corrected chi connectivity index (χ3v) is 8.95. The van der Waals surface area contributed by atoms with Gasteiger partial charge in [0.2, 0.25) is 5.91 Å². The molecule has 2 heterocycles. The predicted octanol–water partition coefficient (Wildman–Crippen LogP) is 2.19. The van der Waals surface area contributed by atoms with Crippen molar-refractivity contribution < 1.29 is 33.5 Å². The van der Waals surface area contributed by atoms with Gasteiger partial charge in [-0.3, -0.25) is 19.7 Å². The zero-order valence-electron chi connectivity index (χ0n) is 20.0. The number of hydrogen-bond donors (Lipinski definition) is 1. The van der Waals surface area contributed by atoms with E-state index in [4.69, 9.17) is 14.2 Å². The molecule has 0 saturated carbocycles. The van der Waals surface area contributed by atoms with Crippen molar-refractivity contribution in [2.45, 2.75) is 29.0 Å². The van der Waals surface area contributed by atoms with Crippen LogP contribution in [0.2, 0.25) is 0 Å². The van der Waals surface area contributed by atoms with E-state index in [1.165, 1.54) is 59.8 Å². The van der Waals surface area contributed by atoms with Crippen LogP contribution in [-0.4, -0.2) is 75.7 Å². The zero-order valence-corrected chi connectivity index (χ0v) is 21.7. The molecule has 2 aromatic carbocycles. The van der Waals surface area contributed by atoms with Gasteiger partial charge in [0.15, 0.2) is 17.6 Å². The minimum Gasteiger partial charge on any atom is -0.484 e. The number of ether oxygens (including phenoxy) is 3. The number of thioether (sulfide) groups is 2. The van der Waals surface area contributed by atoms with Gasteiger partial charge in [-0.05, 0) is 36.1 Å². The van der Waals surface area contributed by atoms with E-state index in [0.29, 0.717) is 17.1 Å². The second-order valence-corrected chi connectivity index (χ2v) is 10.5. The van der Waals surface area contributed by atoms with Crippen LogP contribution in [0.15, 0.2) is 54.6 Å². The summed E-state index contributed by atoms with van der Waals surface area (Å²) in [5.41, 5.74) is 0.489. The van der Waals surface area contributed by atoms with Crippen molar-refractivity contribution in [1.29, 1.82) is 0 Å². The number of hydrogen-bond acceptors (Lipinski definition) is 10. The molecule has 2 amide bonds. The van der Waals surface area contributed by atoms with E-state index in [1.807, 2.05) is 6.07 Å². The predicted molar refractivity (Wildman–Crippen MR) is 137 cm³/mol. The summed E-state index contributed by atoms with van der Waals surface area (Å²) >= 11 is 2.71. The van der Waals surface area contributed by atoms with Crippen molar-refractivity contribution in [3.05, 3.63) is 70.3 Å².